The van der Waals surface area contributed by atoms with Crippen LogP contribution in [-0.4, -0.2) is 24.8 Å². The first kappa shape index (κ1) is 29.1. The predicted octanol–water partition coefficient (Wildman–Crippen LogP) is 7.09. The highest BCUT2D eigenvalue weighted by Crippen LogP contribution is 2.75. The van der Waals surface area contributed by atoms with Crippen molar-refractivity contribution in [2.75, 3.05) is 7.11 Å². The Morgan fingerprint density at radius 3 is 2.25 bits per heavy atom. The number of hydrogen-bond acceptors (Lipinski definition) is 6. The Morgan fingerprint density at radius 2 is 1.65 bits per heavy atom. The predicted molar refractivity (Wildman–Crippen MR) is 151 cm³/mol. The molecule has 5 rings (SSSR count). The molecule has 2 unspecified atom stereocenters. The van der Waals surface area contributed by atoms with Crippen LogP contribution in [0.25, 0.3) is 0 Å². The van der Waals surface area contributed by atoms with Gasteiger partial charge in [-0.3, -0.25) is 14.4 Å². The van der Waals surface area contributed by atoms with E-state index in [2.05, 4.69) is 54.5 Å². The molecule has 218 valence electrons. The number of ether oxygens (including phenoxy) is 2. The normalized spacial score (nSPS) is 43.1. The molecule has 0 aliphatic heterocycles. The van der Waals surface area contributed by atoms with Gasteiger partial charge in [-0.05, 0) is 90.9 Å². The van der Waals surface area contributed by atoms with E-state index >= 15 is 0 Å². The molecule has 5 aliphatic carbocycles. The third-order valence-corrected chi connectivity index (χ3v) is 12.9. The lowest BCUT2D eigenvalue weighted by Crippen LogP contribution is -2.65. The van der Waals surface area contributed by atoms with Crippen molar-refractivity contribution in [3.8, 4) is 6.07 Å². The molecule has 0 N–H and O–H groups in total. The molecule has 0 bridgehead atoms. The van der Waals surface area contributed by atoms with Gasteiger partial charge >= 0.3 is 11.9 Å². The van der Waals surface area contributed by atoms with Gasteiger partial charge in [0.15, 0.2) is 5.78 Å². The smallest absolute Gasteiger partial charge is 0.312 e. The summed E-state index contributed by atoms with van der Waals surface area (Å²) in [4.78, 5) is 40.0. The maximum Gasteiger partial charge on any atom is 0.312 e. The lowest BCUT2D eigenvalue weighted by atomic mass is 9.34. The molecule has 6 nitrogen and oxygen atoms in total. The van der Waals surface area contributed by atoms with Crippen LogP contribution in [0.1, 0.15) is 107 Å². The Bertz CT molecular complexity index is 1280. The fourth-order valence-electron chi connectivity index (χ4n) is 10.8. The van der Waals surface area contributed by atoms with Crippen LogP contribution in [-0.2, 0) is 23.9 Å². The second-order valence-electron chi connectivity index (χ2n) is 15.7. The van der Waals surface area contributed by atoms with Gasteiger partial charge in [-0.25, -0.2) is 0 Å². The summed E-state index contributed by atoms with van der Waals surface area (Å²) in [5, 5.41) is 10.2. The monoisotopic (exact) mass is 549 g/mol. The minimum Gasteiger partial charge on any atom is -0.469 e. The lowest BCUT2D eigenvalue weighted by Gasteiger charge is -2.69. The van der Waals surface area contributed by atoms with Crippen LogP contribution in [0.5, 0.6) is 0 Å². The van der Waals surface area contributed by atoms with E-state index in [-0.39, 0.29) is 45.8 Å². The Hall–Kier alpha value is -2.42. The standard InChI is InChI=1S/C34H47NO5/c1-20(36)40-27-21(19-35)17-31(6)24(30(27,4)5)10-11-32(7)25(31)16-23(37)26-22-18-29(2,3)12-14-34(22,28(38)39-9)15-13-33(26,32)8/h16,22,24,26H,10-15,17-18H2,1-9H3/t22?,24-,26?,31-,32+,33+,34-/m0/s1. The van der Waals surface area contributed by atoms with Gasteiger partial charge in [-0.1, -0.05) is 54.0 Å². The molecule has 40 heavy (non-hydrogen) atoms. The first-order valence-corrected chi connectivity index (χ1v) is 15.1. The van der Waals surface area contributed by atoms with Crippen molar-refractivity contribution >= 4 is 17.7 Å². The molecular weight excluding hydrogens is 502 g/mol. The van der Waals surface area contributed by atoms with Crippen LogP contribution in [0.15, 0.2) is 23.0 Å². The third kappa shape index (κ3) is 3.61. The van der Waals surface area contributed by atoms with E-state index in [0.29, 0.717) is 17.8 Å². The molecule has 3 saturated carbocycles. The van der Waals surface area contributed by atoms with E-state index < -0.39 is 22.2 Å². The molecule has 3 fully saturated rings. The minimum absolute atomic E-state index is 0.0527. The van der Waals surface area contributed by atoms with Crippen LogP contribution in [0.3, 0.4) is 0 Å². The molecular formula is C34H47NO5. The zero-order valence-corrected chi connectivity index (χ0v) is 26.0. The summed E-state index contributed by atoms with van der Waals surface area (Å²) >= 11 is 0. The van der Waals surface area contributed by atoms with Crippen LogP contribution < -0.4 is 0 Å². The number of esters is 2. The second-order valence-corrected chi connectivity index (χ2v) is 15.7. The molecule has 7 atom stereocenters. The fourth-order valence-corrected chi connectivity index (χ4v) is 10.8. The molecule has 0 heterocycles. The summed E-state index contributed by atoms with van der Waals surface area (Å²) in [5.74, 6) is -0.103. The summed E-state index contributed by atoms with van der Waals surface area (Å²) in [6.45, 7) is 17.0. The Balaban J connectivity index is 1.67. The Kier molecular flexibility index (Phi) is 6.39. The van der Waals surface area contributed by atoms with Crippen molar-refractivity contribution in [1.29, 1.82) is 5.26 Å². The van der Waals surface area contributed by atoms with Crippen molar-refractivity contribution in [3.63, 3.8) is 0 Å². The van der Waals surface area contributed by atoms with Gasteiger partial charge in [-0.15, -0.1) is 0 Å². The van der Waals surface area contributed by atoms with Gasteiger partial charge in [0.05, 0.1) is 24.2 Å². The molecule has 0 saturated heterocycles. The number of ketones is 1. The summed E-state index contributed by atoms with van der Waals surface area (Å²) in [7, 11) is 1.49. The topological polar surface area (TPSA) is 93.5 Å². The van der Waals surface area contributed by atoms with Gasteiger partial charge in [0, 0.05) is 18.3 Å². The van der Waals surface area contributed by atoms with Gasteiger partial charge < -0.3 is 9.47 Å². The largest absolute Gasteiger partial charge is 0.469 e. The number of nitriles is 1. The average molecular weight is 550 g/mol. The highest BCUT2D eigenvalue weighted by Gasteiger charge is 2.71. The van der Waals surface area contributed by atoms with Crippen LogP contribution >= 0.6 is 0 Å². The maximum atomic E-state index is 14.5. The van der Waals surface area contributed by atoms with E-state index in [1.54, 1.807) is 0 Å². The molecule has 0 aromatic carbocycles. The first-order chi connectivity index (χ1) is 18.4. The van der Waals surface area contributed by atoms with Crippen molar-refractivity contribution in [2.24, 2.45) is 50.2 Å². The quantitative estimate of drug-likeness (QED) is 0.341. The third-order valence-electron chi connectivity index (χ3n) is 12.9. The van der Waals surface area contributed by atoms with Crippen LogP contribution in [0.4, 0.5) is 0 Å². The van der Waals surface area contributed by atoms with Crippen LogP contribution in [0.2, 0.25) is 0 Å². The summed E-state index contributed by atoms with van der Waals surface area (Å²) in [5.41, 5.74) is -0.401. The second kappa shape index (κ2) is 8.79. The number of allylic oxidation sites excluding steroid dienone is 4. The molecule has 0 radical (unpaired) electrons. The number of hydrogen-bond donors (Lipinski definition) is 0. The van der Waals surface area contributed by atoms with Crippen molar-refractivity contribution in [3.05, 3.63) is 23.0 Å². The van der Waals surface area contributed by atoms with E-state index in [0.717, 1.165) is 50.5 Å². The van der Waals surface area contributed by atoms with Gasteiger partial charge in [0.25, 0.3) is 0 Å². The number of rotatable bonds is 2. The van der Waals surface area contributed by atoms with Crippen molar-refractivity contribution in [1.82, 2.24) is 0 Å². The zero-order valence-electron chi connectivity index (χ0n) is 26.0. The van der Waals surface area contributed by atoms with E-state index in [9.17, 15) is 19.6 Å². The minimum atomic E-state index is -0.602. The molecule has 0 amide bonds. The first-order valence-electron chi connectivity index (χ1n) is 15.1. The highest BCUT2D eigenvalue weighted by atomic mass is 16.5. The number of carbonyl (C=O) groups excluding carboxylic acids is 3. The van der Waals surface area contributed by atoms with Gasteiger partial charge in [0.2, 0.25) is 0 Å². The lowest BCUT2D eigenvalue weighted by molar-refractivity contribution is -0.192. The molecule has 6 heteroatoms. The maximum absolute atomic E-state index is 14.5. The summed E-state index contributed by atoms with van der Waals surface area (Å²) in [6.07, 6.45) is 8.34. The van der Waals surface area contributed by atoms with E-state index in [1.807, 2.05) is 6.08 Å². The van der Waals surface area contributed by atoms with Gasteiger partial charge in [0.1, 0.15) is 5.76 Å². The Morgan fingerprint density at radius 1 is 1.00 bits per heavy atom. The Labute approximate surface area is 239 Å². The van der Waals surface area contributed by atoms with Crippen molar-refractivity contribution in [2.45, 2.75) is 107 Å². The summed E-state index contributed by atoms with van der Waals surface area (Å²) < 4.78 is 11.1. The molecule has 5 aliphatic rings. The van der Waals surface area contributed by atoms with E-state index in [1.165, 1.54) is 14.0 Å². The zero-order chi connectivity index (χ0) is 29.7. The SMILES string of the molecule is COC(=O)[C@]12CCC(C)(C)CC1C1C(=O)C=C3[C@@]4(C)CC(C#N)=C(OC(C)=O)C(C)(C)[C@@H]4CC[C@@]3(C)[C@]1(C)CC2. The number of carbonyl (C=O) groups is 3. The molecule has 0 aromatic rings. The number of methoxy groups -OCH3 is 1. The fraction of sp³-hybridized carbons (Fsp3) is 0.765. The summed E-state index contributed by atoms with van der Waals surface area (Å²) in [6, 6.07) is 2.37. The molecule has 0 aromatic heterocycles. The number of nitrogens with zero attached hydrogens (tertiary/aromatic N) is 1. The highest BCUT2D eigenvalue weighted by molar-refractivity contribution is 5.96. The van der Waals surface area contributed by atoms with Gasteiger partial charge in [-0.2, -0.15) is 5.26 Å². The van der Waals surface area contributed by atoms with Crippen LogP contribution in [0, 0.1) is 61.6 Å². The van der Waals surface area contributed by atoms with E-state index in [4.69, 9.17) is 9.47 Å². The number of fused-ring (bicyclic) bond motifs is 7. The molecule has 0 spiro atoms. The van der Waals surface area contributed by atoms with Crippen molar-refractivity contribution < 1.29 is 23.9 Å². The average Bonchev–Trinajstić information content (AvgIpc) is 2.86.